The zero-order chi connectivity index (χ0) is 39.5. The highest BCUT2D eigenvalue weighted by molar-refractivity contribution is 6.15. The number of ether oxygens (including phenoxy) is 1. The second-order valence-electron chi connectivity index (χ2n) is 13.4. The number of carbonyl (C=O) groups excluding carboxylic acids is 4. The van der Waals surface area contributed by atoms with E-state index in [0.717, 1.165) is 55.9 Å². The van der Waals surface area contributed by atoms with Gasteiger partial charge in [0.1, 0.15) is 12.0 Å². The number of Topliss-reactive ketones (excluding diaryl/α,β-unsaturated/α-hetero) is 1. The van der Waals surface area contributed by atoms with Crippen molar-refractivity contribution in [2.24, 2.45) is 0 Å². The molecule has 1 aliphatic rings. The number of carbonyl (C=O) groups is 4. The fourth-order valence-electron chi connectivity index (χ4n) is 6.90. The first-order chi connectivity index (χ1) is 25.8. The molecule has 3 atom stereocenters. The summed E-state index contributed by atoms with van der Waals surface area (Å²) in [6, 6.07) is 17.8. The highest BCUT2D eigenvalue weighted by Gasteiger charge is 2.47. The second-order valence-corrected chi connectivity index (χ2v) is 13.4. The number of benzene rings is 2. The monoisotopic (exact) mass is 724 g/mol. The molecule has 0 bridgehead atoms. The maximum Gasteiger partial charge on any atom is 0.328 e. The number of aryl methyl sites for hydroxylation is 4. The fourth-order valence-corrected chi connectivity index (χ4v) is 6.90. The number of hydrogen-bond acceptors (Lipinski definition) is 7. The molecule has 3 heterocycles. The van der Waals surface area contributed by atoms with Gasteiger partial charge in [-0.3, -0.25) is 24.4 Å². The minimum absolute atomic E-state index is 0.0521. The van der Waals surface area contributed by atoms with E-state index in [0.29, 0.717) is 12.8 Å². The summed E-state index contributed by atoms with van der Waals surface area (Å²) in [5, 5.41) is 0. The first-order valence-electron chi connectivity index (χ1n) is 17.8. The first kappa shape index (κ1) is 40.7. The van der Waals surface area contributed by atoms with Crippen molar-refractivity contribution in [3.05, 3.63) is 129 Å². The van der Waals surface area contributed by atoms with Crippen LogP contribution >= 0.6 is 0 Å². The van der Waals surface area contributed by atoms with Crippen LogP contribution in [0.1, 0.15) is 75.7 Å². The number of methoxy groups -OCH3 is 1. The maximum absolute atomic E-state index is 13.1. The van der Waals surface area contributed by atoms with Crippen molar-refractivity contribution < 1.29 is 23.9 Å². The number of pyridine rings is 2. The molecule has 5 rings (SSSR count). The van der Waals surface area contributed by atoms with Gasteiger partial charge in [0.15, 0.2) is 5.78 Å². The standard InChI is InChI=1S/C23H26N2O3.C22H22N2O2/c1-6-9-18-12-16(2)20(17(3)13-18)15-22(26)25(4)21(23(27)28-5)14-19-10-7-8-11-24-19;1-5-8-16-11-14(2)19(15(3)12-16)20-21(25)18(24(4)22(20)26)13-17-9-6-7-10-23-17/h7-8,10-13,21H,14-15H2,1-5H3;6-7,9-12,18,20H,13H2,1-4H3. The number of nitrogens with zero attached hydrogens (tertiary/aromatic N) is 4. The number of likely N-dealkylation sites (tertiary alicyclic amines) is 1. The summed E-state index contributed by atoms with van der Waals surface area (Å²) in [5.74, 6) is 10.3. The molecule has 0 radical (unpaired) electrons. The van der Waals surface area contributed by atoms with Crippen molar-refractivity contribution in [1.29, 1.82) is 0 Å². The van der Waals surface area contributed by atoms with Gasteiger partial charge in [-0.1, -0.05) is 24.0 Å². The van der Waals surface area contributed by atoms with E-state index in [9.17, 15) is 19.2 Å². The lowest BCUT2D eigenvalue weighted by Crippen LogP contribution is -2.45. The third-order valence-electron chi connectivity index (χ3n) is 9.71. The molecule has 2 amide bonds. The van der Waals surface area contributed by atoms with Crippen LogP contribution < -0.4 is 0 Å². The smallest absolute Gasteiger partial charge is 0.328 e. The average molecular weight is 725 g/mol. The van der Waals surface area contributed by atoms with Gasteiger partial charge in [-0.05, 0) is 123 Å². The second kappa shape index (κ2) is 18.6. The SMILES string of the molecule is CC#Cc1cc(C)c(C2C(=O)C(Cc3ccccn3)N(C)C2=O)c(C)c1.CC#Cc1cc(C)c(CC(=O)N(C)C(Cc2ccccn2)C(=O)OC)c(C)c1. The Bertz CT molecular complexity index is 2090. The van der Waals surface area contributed by atoms with Crippen molar-refractivity contribution in [2.75, 3.05) is 21.2 Å². The van der Waals surface area contributed by atoms with Crippen molar-refractivity contribution in [2.45, 2.75) is 78.8 Å². The van der Waals surface area contributed by atoms with E-state index >= 15 is 0 Å². The van der Waals surface area contributed by atoms with Crippen molar-refractivity contribution >= 4 is 23.6 Å². The molecule has 1 aliphatic heterocycles. The Balaban J connectivity index is 0.000000241. The summed E-state index contributed by atoms with van der Waals surface area (Å²) in [5.41, 5.74) is 9.05. The molecular formula is C45H48N4O5. The molecule has 0 aliphatic carbocycles. The normalized spacial score (nSPS) is 15.2. The van der Waals surface area contributed by atoms with E-state index < -0.39 is 24.0 Å². The summed E-state index contributed by atoms with van der Waals surface area (Å²) in [6.07, 6.45) is 4.33. The Morgan fingerprint density at radius 1 is 0.833 bits per heavy atom. The van der Waals surface area contributed by atoms with Gasteiger partial charge in [0, 0.05) is 61.8 Å². The summed E-state index contributed by atoms with van der Waals surface area (Å²) in [4.78, 5) is 62.9. The molecule has 1 fully saturated rings. The number of aromatic nitrogens is 2. The topological polar surface area (TPSA) is 110 Å². The molecule has 0 saturated carbocycles. The zero-order valence-corrected chi connectivity index (χ0v) is 32.6. The lowest BCUT2D eigenvalue weighted by Gasteiger charge is -2.26. The Morgan fingerprint density at radius 2 is 1.35 bits per heavy atom. The van der Waals surface area contributed by atoms with Gasteiger partial charge in [0.2, 0.25) is 11.8 Å². The zero-order valence-electron chi connectivity index (χ0n) is 32.6. The van der Waals surface area contributed by atoms with Crippen LogP contribution in [-0.4, -0.2) is 76.6 Å². The molecule has 1 saturated heterocycles. The highest BCUT2D eigenvalue weighted by Crippen LogP contribution is 2.34. The van der Waals surface area contributed by atoms with Crippen LogP contribution in [0.3, 0.4) is 0 Å². The largest absolute Gasteiger partial charge is 0.467 e. The van der Waals surface area contributed by atoms with E-state index in [1.807, 2.05) is 88.4 Å². The number of esters is 1. The van der Waals surface area contributed by atoms with Crippen molar-refractivity contribution in [3.63, 3.8) is 0 Å². The predicted molar refractivity (Wildman–Crippen MR) is 209 cm³/mol. The van der Waals surface area contributed by atoms with Crippen LogP contribution in [0.4, 0.5) is 0 Å². The Hall–Kier alpha value is -6.06. The van der Waals surface area contributed by atoms with Gasteiger partial charge in [0.25, 0.3) is 0 Å². The lowest BCUT2D eigenvalue weighted by atomic mass is 9.86. The third kappa shape index (κ3) is 9.67. The molecule has 54 heavy (non-hydrogen) atoms. The Labute approximate surface area is 319 Å². The van der Waals surface area contributed by atoms with Gasteiger partial charge in [-0.25, -0.2) is 4.79 Å². The predicted octanol–water partition coefficient (Wildman–Crippen LogP) is 5.66. The summed E-state index contributed by atoms with van der Waals surface area (Å²) in [7, 11) is 4.66. The quantitative estimate of drug-likeness (QED) is 0.125. The van der Waals surface area contributed by atoms with Gasteiger partial charge in [-0.2, -0.15) is 0 Å². The van der Waals surface area contributed by atoms with Gasteiger partial charge in [-0.15, -0.1) is 11.8 Å². The molecule has 0 N–H and O–H groups in total. The number of ketones is 1. The molecule has 2 aromatic carbocycles. The van der Waals surface area contributed by atoms with Gasteiger partial charge < -0.3 is 14.5 Å². The van der Waals surface area contributed by atoms with Gasteiger partial charge in [0.05, 0.1) is 19.6 Å². The van der Waals surface area contributed by atoms with Crippen molar-refractivity contribution in [3.8, 4) is 23.7 Å². The molecular weight excluding hydrogens is 677 g/mol. The fraction of sp³-hybridized carbons (Fsp3) is 0.333. The van der Waals surface area contributed by atoms with E-state index in [-0.39, 0.29) is 24.0 Å². The summed E-state index contributed by atoms with van der Waals surface area (Å²) >= 11 is 0. The number of likely N-dealkylation sites (N-methyl/N-ethyl adjacent to an activating group) is 2. The molecule has 278 valence electrons. The van der Waals surface area contributed by atoms with E-state index in [1.165, 1.54) is 12.0 Å². The lowest BCUT2D eigenvalue weighted by molar-refractivity contribution is -0.151. The summed E-state index contributed by atoms with van der Waals surface area (Å²) < 4.78 is 4.92. The number of amides is 2. The molecule has 9 heteroatoms. The Morgan fingerprint density at radius 3 is 1.83 bits per heavy atom. The molecule has 3 unspecified atom stereocenters. The van der Waals surface area contributed by atoms with E-state index in [1.54, 1.807) is 45.2 Å². The maximum atomic E-state index is 13.1. The molecule has 9 nitrogen and oxygen atoms in total. The first-order valence-corrected chi connectivity index (χ1v) is 17.8. The summed E-state index contributed by atoms with van der Waals surface area (Å²) in [6.45, 7) is 11.4. The number of rotatable bonds is 9. The van der Waals surface area contributed by atoms with Crippen LogP contribution in [-0.2, 0) is 43.2 Å². The Kier molecular flexibility index (Phi) is 14.0. The van der Waals surface area contributed by atoms with Crippen LogP contribution in [0.15, 0.2) is 73.1 Å². The van der Waals surface area contributed by atoms with Crippen LogP contribution in [0, 0.1) is 51.4 Å². The minimum Gasteiger partial charge on any atom is -0.467 e. The number of hydrogen-bond donors (Lipinski definition) is 0. The van der Waals surface area contributed by atoms with Crippen LogP contribution in [0.25, 0.3) is 0 Å². The molecule has 4 aromatic rings. The molecule has 2 aromatic heterocycles. The highest BCUT2D eigenvalue weighted by atomic mass is 16.5. The minimum atomic E-state index is -0.739. The van der Waals surface area contributed by atoms with E-state index in [2.05, 4.69) is 33.6 Å². The third-order valence-corrected chi connectivity index (χ3v) is 9.71. The molecule has 0 spiro atoms. The van der Waals surface area contributed by atoms with Crippen LogP contribution in [0.5, 0.6) is 0 Å². The van der Waals surface area contributed by atoms with Gasteiger partial charge >= 0.3 is 5.97 Å². The van der Waals surface area contributed by atoms with E-state index in [4.69, 9.17) is 4.74 Å². The average Bonchev–Trinajstić information content (AvgIpc) is 3.35. The van der Waals surface area contributed by atoms with Crippen molar-refractivity contribution in [1.82, 2.24) is 19.8 Å². The van der Waals surface area contributed by atoms with Crippen LogP contribution in [0.2, 0.25) is 0 Å².